The minimum atomic E-state index is -3.92. The fourth-order valence-electron chi connectivity index (χ4n) is 7.08. The molecule has 3 aromatic rings. The fraction of sp³-hybridized carbons (Fsp3) is 0.537. The molecule has 0 spiro atoms. The highest BCUT2D eigenvalue weighted by Gasteiger charge is 2.44. The zero-order valence-electron chi connectivity index (χ0n) is 33.5. The van der Waals surface area contributed by atoms with E-state index in [1.807, 2.05) is 81.6 Å². The van der Waals surface area contributed by atoms with E-state index in [0.717, 1.165) is 11.1 Å². The summed E-state index contributed by atoms with van der Waals surface area (Å²) >= 11 is 0. The lowest BCUT2D eigenvalue weighted by Crippen LogP contribution is -2.56. The Labute approximate surface area is 342 Å². The standard InChI is InChI=1S/C41H57N4O11PS/c1-31(2)25-45(58(49,50)44-21-19-43(3)20-22-44)26-38(46)37(42-41(47)56-39-29-52-40-36(39)18-23-51-40)24-32-14-16-35(17-15-32)53-30-57(48,54-27-33-10-6-4-7-11-33)55-28-34-12-8-5-9-13-34/h4-17,31,36-40,46H,18-30H2,1-3H3,(H,42,47)/t36-,37-,38+,39-,40+/m0/s1. The van der Waals surface area contributed by atoms with Gasteiger partial charge in [0.2, 0.25) is 0 Å². The third kappa shape index (κ3) is 12.6. The van der Waals surface area contributed by atoms with Gasteiger partial charge in [-0.05, 0) is 54.6 Å². The van der Waals surface area contributed by atoms with Gasteiger partial charge in [0.25, 0.3) is 10.2 Å². The Hall–Kier alpha value is -3.41. The lowest BCUT2D eigenvalue weighted by molar-refractivity contribution is -0.0907. The Bertz CT molecular complexity index is 1840. The molecule has 6 rings (SSSR count). The average Bonchev–Trinajstić information content (AvgIpc) is 3.85. The van der Waals surface area contributed by atoms with E-state index in [0.29, 0.717) is 50.5 Å². The number of hydrogen-bond acceptors (Lipinski definition) is 12. The summed E-state index contributed by atoms with van der Waals surface area (Å²) in [7, 11) is -5.71. The number of fused-ring (bicyclic) bond motifs is 1. The molecule has 0 aliphatic carbocycles. The van der Waals surface area contributed by atoms with Gasteiger partial charge in [0.15, 0.2) is 12.6 Å². The van der Waals surface area contributed by atoms with E-state index in [-0.39, 0.29) is 57.5 Å². The summed E-state index contributed by atoms with van der Waals surface area (Å²) in [5.41, 5.74) is 2.38. The second-order valence-corrected chi connectivity index (χ2v) is 19.4. The van der Waals surface area contributed by atoms with Crippen molar-refractivity contribution in [3.63, 3.8) is 0 Å². The van der Waals surface area contributed by atoms with Crippen molar-refractivity contribution >= 4 is 23.9 Å². The number of aliphatic hydroxyl groups is 1. The highest BCUT2D eigenvalue weighted by Crippen LogP contribution is 2.49. The maximum Gasteiger partial charge on any atom is 0.407 e. The second kappa shape index (κ2) is 20.7. The smallest absolute Gasteiger partial charge is 0.407 e. The highest BCUT2D eigenvalue weighted by atomic mass is 32.2. The van der Waals surface area contributed by atoms with Crippen LogP contribution in [-0.2, 0) is 57.7 Å². The van der Waals surface area contributed by atoms with Crippen LogP contribution in [0.5, 0.6) is 5.75 Å². The van der Waals surface area contributed by atoms with Gasteiger partial charge in [-0.15, -0.1) is 0 Å². The number of nitrogens with one attached hydrogen (secondary N) is 1. The first-order valence-electron chi connectivity index (χ1n) is 19.9. The maximum absolute atomic E-state index is 13.9. The number of carbonyl (C=O) groups excluding carboxylic acids is 1. The van der Waals surface area contributed by atoms with E-state index in [2.05, 4.69) is 10.2 Å². The molecular weight excluding hydrogens is 788 g/mol. The summed E-state index contributed by atoms with van der Waals surface area (Å²) in [6, 6.07) is 24.7. The van der Waals surface area contributed by atoms with Crippen LogP contribution >= 0.6 is 7.60 Å². The van der Waals surface area contributed by atoms with Crippen LogP contribution in [0.25, 0.3) is 0 Å². The number of benzene rings is 3. The number of likely N-dealkylation sites (N-methyl/N-ethyl adjacent to an activating group) is 1. The van der Waals surface area contributed by atoms with Gasteiger partial charge in [-0.2, -0.15) is 17.0 Å². The number of piperazine rings is 1. The number of carbonyl (C=O) groups is 1. The molecule has 0 radical (unpaired) electrons. The van der Waals surface area contributed by atoms with Gasteiger partial charge in [-0.3, -0.25) is 4.57 Å². The summed E-state index contributed by atoms with van der Waals surface area (Å²) in [4.78, 5) is 15.5. The monoisotopic (exact) mass is 844 g/mol. The summed E-state index contributed by atoms with van der Waals surface area (Å²) in [6.07, 6.45) is -2.48. The number of rotatable bonds is 20. The van der Waals surface area contributed by atoms with E-state index in [1.165, 1.54) is 8.61 Å². The second-order valence-electron chi connectivity index (χ2n) is 15.5. The molecule has 3 heterocycles. The predicted molar refractivity (Wildman–Crippen MR) is 217 cm³/mol. The van der Waals surface area contributed by atoms with Crippen molar-refractivity contribution < 1.29 is 50.9 Å². The Morgan fingerprint density at radius 3 is 2.12 bits per heavy atom. The molecule has 3 fully saturated rings. The lowest BCUT2D eigenvalue weighted by atomic mass is 10.0. The van der Waals surface area contributed by atoms with Crippen LogP contribution < -0.4 is 10.1 Å². The minimum Gasteiger partial charge on any atom is -0.481 e. The Balaban J connectivity index is 1.14. The van der Waals surface area contributed by atoms with Crippen LogP contribution in [0.3, 0.4) is 0 Å². The quantitative estimate of drug-likeness (QED) is 0.149. The van der Waals surface area contributed by atoms with E-state index in [9.17, 15) is 22.9 Å². The molecule has 3 aliphatic rings. The predicted octanol–water partition coefficient (Wildman–Crippen LogP) is 4.86. The Morgan fingerprint density at radius 2 is 1.52 bits per heavy atom. The van der Waals surface area contributed by atoms with Crippen LogP contribution in [0.1, 0.15) is 37.0 Å². The Kier molecular flexibility index (Phi) is 15.8. The van der Waals surface area contributed by atoms with Crippen LogP contribution in [0, 0.1) is 11.8 Å². The summed E-state index contributed by atoms with van der Waals surface area (Å²) in [5, 5.41) is 14.6. The van der Waals surface area contributed by atoms with E-state index in [4.69, 9.17) is 28.0 Å². The summed E-state index contributed by atoms with van der Waals surface area (Å²) < 4.78 is 79.2. The molecule has 3 aromatic carbocycles. The Morgan fingerprint density at radius 1 is 0.897 bits per heavy atom. The van der Waals surface area contributed by atoms with E-state index >= 15 is 0 Å². The van der Waals surface area contributed by atoms with Crippen LogP contribution in [-0.4, -0.2) is 124 Å². The molecule has 0 aromatic heterocycles. The molecule has 58 heavy (non-hydrogen) atoms. The van der Waals surface area contributed by atoms with Gasteiger partial charge in [0.1, 0.15) is 11.9 Å². The molecule has 0 saturated carbocycles. The van der Waals surface area contributed by atoms with Crippen molar-refractivity contribution in [1.82, 2.24) is 18.8 Å². The number of amides is 1. The van der Waals surface area contributed by atoms with Crippen molar-refractivity contribution in [2.75, 3.05) is 65.9 Å². The molecule has 17 heteroatoms. The first-order chi connectivity index (χ1) is 27.9. The third-order valence-corrected chi connectivity index (χ3v) is 13.9. The van der Waals surface area contributed by atoms with E-state index < -0.39 is 48.4 Å². The highest BCUT2D eigenvalue weighted by molar-refractivity contribution is 7.86. The molecule has 0 unspecified atom stereocenters. The zero-order chi connectivity index (χ0) is 41.1. The van der Waals surface area contributed by atoms with Crippen LogP contribution in [0.2, 0.25) is 0 Å². The number of ether oxygens (including phenoxy) is 4. The number of aliphatic hydroxyl groups excluding tert-OH is 1. The topological polar surface area (TPSA) is 166 Å². The van der Waals surface area contributed by atoms with Crippen molar-refractivity contribution in [1.29, 1.82) is 0 Å². The van der Waals surface area contributed by atoms with Gasteiger partial charge in [-0.25, -0.2) is 4.79 Å². The normalized spacial score (nSPS) is 21.5. The zero-order valence-corrected chi connectivity index (χ0v) is 35.2. The minimum absolute atomic E-state index is 0.0231. The van der Waals surface area contributed by atoms with Crippen molar-refractivity contribution in [3.8, 4) is 5.75 Å². The van der Waals surface area contributed by atoms with Gasteiger partial charge in [0.05, 0.1) is 44.5 Å². The summed E-state index contributed by atoms with van der Waals surface area (Å²) in [6.45, 7) is 6.53. The number of alkyl carbamates (subject to hydrolysis) is 1. The molecule has 318 valence electrons. The SMILES string of the molecule is CC(C)CN(C[C@@H](O)[C@H](Cc1ccc(OCP(=O)(OCc2ccccc2)OCc2ccccc2)cc1)NC(=O)O[C@H]1CO[C@H]2OCC[C@H]21)S(=O)(=O)N1CCN(C)CC1. The van der Waals surface area contributed by atoms with Gasteiger partial charge >= 0.3 is 13.7 Å². The maximum atomic E-state index is 13.9. The average molecular weight is 845 g/mol. The van der Waals surface area contributed by atoms with Gasteiger partial charge in [-0.1, -0.05) is 86.6 Å². The number of hydrogen-bond donors (Lipinski definition) is 2. The van der Waals surface area contributed by atoms with Crippen LogP contribution in [0.15, 0.2) is 84.9 Å². The van der Waals surface area contributed by atoms with Crippen LogP contribution in [0.4, 0.5) is 4.79 Å². The molecule has 2 N–H and O–H groups in total. The number of nitrogens with zero attached hydrogens (tertiary/aromatic N) is 3. The van der Waals surface area contributed by atoms with Crippen molar-refractivity contribution in [3.05, 3.63) is 102 Å². The first kappa shape index (κ1) is 44.2. The largest absolute Gasteiger partial charge is 0.481 e. The van der Waals surface area contributed by atoms with Gasteiger partial charge < -0.3 is 43.3 Å². The molecule has 5 atom stereocenters. The molecular formula is C41H57N4O11PS. The van der Waals surface area contributed by atoms with Crippen molar-refractivity contribution in [2.24, 2.45) is 11.8 Å². The molecule has 3 aliphatic heterocycles. The van der Waals surface area contributed by atoms with E-state index in [1.54, 1.807) is 24.3 Å². The van der Waals surface area contributed by atoms with Crippen molar-refractivity contribution in [2.45, 2.75) is 64.4 Å². The first-order valence-corrected chi connectivity index (χ1v) is 23.0. The third-order valence-electron chi connectivity index (χ3n) is 10.4. The fourth-order valence-corrected chi connectivity index (χ4v) is 10.1. The molecule has 1 amide bonds. The molecule has 0 bridgehead atoms. The molecule has 3 saturated heterocycles. The summed E-state index contributed by atoms with van der Waals surface area (Å²) in [5.74, 6) is 0.292. The van der Waals surface area contributed by atoms with Gasteiger partial charge in [0, 0.05) is 39.3 Å². The molecule has 15 nitrogen and oxygen atoms in total. The lowest BCUT2D eigenvalue weighted by Gasteiger charge is -2.37.